The van der Waals surface area contributed by atoms with E-state index in [9.17, 15) is 9.59 Å². The Morgan fingerprint density at radius 2 is 1.97 bits per heavy atom. The molecule has 0 aromatic heterocycles. The van der Waals surface area contributed by atoms with Crippen LogP contribution in [0.3, 0.4) is 0 Å². The third-order valence-electron chi connectivity index (χ3n) is 5.02. The number of esters is 1. The maximum Gasteiger partial charge on any atom is 0.411 e. The van der Waals surface area contributed by atoms with Gasteiger partial charge < -0.3 is 18.9 Å². The van der Waals surface area contributed by atoms with Crippen LogP contribution in [0.15, 0.2) is 41.2 Å². The van der Waals surface area contributed by atoms with E-state index in [1.165, 1.54) is 28.4 Å². The van der Waals surface area contributed by atoms with E-state index < -0.39 is 17.5 Å². The fourth-order valence-electron chi connectivity index (χ4n) is 3.57. The molecule has 10 heteroatoms. The molecule has 2 rings (SSSR count). The lowest BCUT2D eigenvalue weighted by atomic mass is 9.74. The van der Waals surface area contributed by atoms with E-state index in [0.29, 0.717) is 42.0 Å². The molecule has 1 atom stereocenters. The summed E-state index contributed by atoms with van der Waals surface area (Å²) in [5, 5.41) is 6.23. The predicted molar refractivity (Wildman–Crippen MR) is 114 cm³/mol. The Labute approximate surface area is 180 Å². The number of amides is 1. The number of ether oxygens (including phenoxy) is 4. The van der Waals surface area contributed by atoms with Crippen molar-refractivity contribution in [2.75, 3.05) is 40.3 Å². The van der Waals surface area contributed by atoms with Gasteiger partial charge in [0, 0.05) is 23.1 Å². The average Bonchev–Trinajstić information content (AvgIpc) is 2.80. The van der Waals surface area contributed by atoms with Gasteiger partial charge in [0.2, 0.25) is 0 Å². The normalized spacial score (nSPS) is 17.4. The van der Waals surface area contributed by atoms with Crippen molar-refractivity contribution < 1.29 is 28.5 Å². The summed E-state index contributed by atoms with van der Waals surface area (Å²) in [7, 11) is 5.60. The van der Waals surface area contributed by atoms with Gasteiger partial charge in [0.1, 0.15) is 16.9 Å². The third kappa shape index (κ3) is 5.29. The summed E-state index contributed by atoms with van der Waals surface area (Å²) >= 11 is 0. The minimum atomic E-state index is -1.19. The van der Waals surface area contributed by atoms with Gasteiger partial charge in [-0.25, -0.2) is 4.79 Å². The molecule has 0 saturated heterocycles. The number of nitrogens with one attached hydrogen (secondary N) is 1. The van der Waals surface area contributed by atoms with Crippen LogP contribution in [0.2, 0.25) is 0 Å². The number of nitrogens with zero attached hydrogens (tertiary/aromatic N) is 3. The summed E-state index contributed by atoms with van der Waals surface area (Å²) in [6.07, 6.45) is 4.19. The third-order valence-corrected chi connectivity index (χ3v) is 5.02. The van der Waals surface area contributed by atoms with Crippen molar-refractivity contribution in [2.24, 2.45) is 10.5 Å². The van der Waals surface area contributed by atoms with Gasteiger partial charge in [-0.15, -0.1) is 0 Å². The first-order chi connectivity index (χ1) is 14.9. The van der Waals surface area contributed by atoms with Gasteiger partial charge in [-0.05, 0) is 48.6 Å². The molecule has 0 spiro atoms. The number of hydrogen-bond acceptors (Lipinski definition) is 7. The van der Waals surface area contributed by atoms with E-state index in [4.69, 9.17) is 24.5 Å². The number of carbonyl (C=O) groups is 2. The number of carbonyl (C=O) groups excluding carboxylic acids is 2. The number of methoxy groups -OCH3 is 4. The maximum atomic E-state index is 12.9. The van der Waals surface area contributed by atoms with Crippen LogP contribution in [0.25, 0.3) is 16.0 Å². The summed E-state index contributed by atoms with van der Waals surface area (Å²) in [5.74, 6) is 0.517. The Kier molecular flexibility index (Phi) is 8.33. The highest BCUT2D eigenvalue weighted by Crippen LogP contribution is 2.45. The van der Waals surface area contributed by atoms with Gasteiger partial charge in [0.15, 0.2) is 0 Å². The molecule has 0 radical (unpaired) electrons. The van der Waals surface area contributed by atoms with E-state index in [-0.39, 0.29) is 6.54 Å². The maximum absolute atomic E-state index is 12.9. The quantitative estimate of drug-likeness (QED) is 0.202. The van der Waals surface area contributed by atoms with E-state index in [2.05, 4.69) is 15.3 Å². The first-order valence-corrected chi connectivity index (χ1v) is 9.54. The van der Waals surface area contributed by atoms with E-state index in [1.54, 1.807) is 24.3 Å². The minimum absolute atomic E-state index is 0.229. The summed E-state index contributed by atoms with van der Waals surface area (Å²) in [4.78, 5) is 27.5. The molecule has 1 aliphatic carbocycles. The molecule has 10 nitrogen and oxygen atoms in total. The zero-order valence-corrected chi connectivity index (χ0v) is 18.0. The van der Waals surface area contributed by atoms with Gasteiger partial charge in [-0.2, -0.15) is 0 Å². The van der Waals surface area contributed by atoms with Crippen LogP contribution in [0.1, 0.15) is 24.8 Å². The van der Waals surface area contributed by atoms with E-state index in [1.807, 2.05) is 6.08 Å². The Hall–Kier alpha value is -3.65. The number of allylic oxidation sites excluding steroid dienone is 2. The molecule has 1 unspecified atom stereocenters. The number of hydrogen-bond donors (Lipinski definition) is 1. The highest BCUT2D eigenvalue weighted by molar-refractivity contribution is 5.93. The summed E-state index contributed by atoms with van der Waals surface area (Å²) < 4.78 is 20.6. The second-order valence-corrected chi connectivity index (χ2v) is 6.70. The minimum Gasteiger partial charge on any atom is -0.500 e. The first kappa shape index (κ1) is 23.6. The lowest BCUT2D eigenvalue weighted by Gasteiger charge is -2.33. The van der Waals surface area contributed by atoms with Crippen molar-refractivity contribution in [3.05, 3.63) is 52.1 Å². The lowest BCUT2D eigenvalue weighted by Crippen LogP contribution is -2.35. The molecule has 1 aliphatic rings. The molecule has 0 bridgehead atoms. The summed E-state index contributed by atoms with van der Waals surface area (Å²) in [6.45, 7) is 0.229. The smallest absolute Gasteiger partial charge is 0.411 e. The molecule has 1 aromatic rings. The molecular weight excluding hydrogens is 404 g/mol. The summed E-state index contributed by atoms with van der Waals surface area (Å²) in [5.41, 5.74) is 9.30. The zero-order valence-electron chi connectivity index (χ0n) is 18.0. The number of azide groups is 1. The molecule has 0 saturated carbocycles. The van der Waals surface area contributed by atoms with Crippen molar-refractivity contribution in [1.82, 2.24) is 0 Å². The highest BCUT2D eigenvalue weighted by Gasteiger charge is 2.44. The number of anilines is 1. The Morgan fingerprint density at radius 1 is 1.19 bits per heavy atom. The van der Waals surface area contributed by atoms with Crippen molar-refractivity contribution in [2.45, 2.75) is 19.3 Å². The van der Waals surface area contributed by atoms with Crippen LogP contribution in [0.5, 0.6) is 5.75 Å². The predicted octanol–water partition coefficient (Wildman–Crippen LogP) is 4.44. The Morgan fingerprint density at radius 3 is 2.58 bits per heavy atom. The van der Waals surface area contributed by atoms with E-state index >= 15 is 0 Å². The Bertz CT molecular complexity index is 936. The van der Waals surface area contributed by atoms with Crippen LogP contribution in [0, 0.1) is 5.41 Å². The molecule has 166 valence electrons. The van der Waals surface area contributed by atoms with Crippen molar-refractivity contribution in [3.63, 3.8) is 0 Å². The van der Waals surface area contributed by atoms with Gasteiger partial charge in [-0.1, -0.05) is 11.2 Å². The molecule has 0 heterocycles. The van der Waals surface area contributed by atoms with Gasteiger partial charge >= 0.3 is 12.1 Å². The monoisotopic (exact) mass is 430 g/mol. The second kappa shape index (κ2) is 10.9. The van der Waals surface area contributed by atoms with Gasteiger partial charge in [-0.3, -0.25) is 10.1 Å². The zero-order chi connectivity index (χ0) is 22.9. The molecule has 1 amide bonds. The topological polar surface area (TPSA) is 132 Å². The molecule has 31 heavy (non-hydrogen) atoms. The molecular formula is C21H26N4O6. The van der Waals surface area contributed by atoms with Crippen molar-refractivity contribution >= 4 is 23.3 Å². The number of benzene rings is 1. The van der Waals surface area contributed by atoms with Gasteiger partial charge in [0.05, 0.1) is 34.1 Å². The van der Waals surface area contributed by atoms with Crippen LogP contribution < -0.4 is 10.1 Å². The fraction of sp³-hybridized carbons (Fsp3) is 0.429. The van der Waals surface area contributed by atoms with Crippen LogP contribution in [0.4, 0.5) is 10.5 Å². The standard InChI is InChI=1S/C21H26N4O6/c1-28-15-7-8-16(17(12-15)24-20(27)31-4)14-6-9-18(29-2)21(13-14,19(26)30-3)10-5-11-23-25-22/h7-9,12-13H,5-6,10-11H2,1-4H3,(H,24,27). The van der Waals surface area contributed by atoms with E-state index in [0.717, 1.165) is 5.57 Å². The van der Waals surface area contributed by atoms with Crippen LogP contribution in [-0.4, -0.2) is 47.0 Å². The molecule has 1 N–H and O–H groups in total. The molecule has 0 fully saturated rings. The number of rotatable bonds is 9. The Balaban J connectivity index is 2.57. The molecule has 1 aromatic carbocycles. The van der Waals surface area contributed by atoms with Crippen molar-refractivity contribution in [3.8, 4) is 5.75 Å². The summed E-state index contributed by atoms with van der Waals surface area (Å²) in [6, 6.07) is 5.23. The SMILES string of the molecule is COC(=O)Nc1cc(OC)ccc1C1=CC(CCCN=[N+]=[N-])(C(=O)OC)C(OC)=CC1. The lowest BCUT2D eigenvalue weighted by molar-refractivity contribution is -0.150. The van der Waals surface area contributed by atoms with Crippen LogP contribution in [-0.2, 0) is 19.0 Å². The van der Waals surface area contributed by atoms with Gasteiger partial charge in [0.25, 0.3) is 0 Å². The van der Waals surface area contributed by atoms with Crippen molar-refractivity contribution in [1.29, 1.82) is 0 Å². The van der Waals surface area contributed by atoms with Crippen LogP contribution >= 0.6 is 0 Å². The second-order valence-electron chi connectivity index (χ2n) is 6.70. The first-order valence-electron chi connectivity index (χ1n) is 9.54. The fourth-order valence-corrected chi connectivity index (χ4v) is 3.57. The average molecular weight is 430 g/mol. The highest BCUT2D eigenvalue weighted by atomic mass is 16.5. The molecule has 0 aliphatic heterocycles. The largest absolute Gasteiger partial charge is 0.500 e.